The largest absolute Gasteiger partial charge is 0.479 e. The molecule has 1 unspecified atom stereocenters. The molecule has 2 amide bonds. The fraction of sp³-hybridized carbons (Fsp3) is 0.667. The molecule has 0 aliphatic carbocycles. The van der Waals surface area contributed by atoms with E-state index < -0.39 is 48.9 Å². The van der Waals surface area contributed by atoms with Crippen LogP contribution in [0.15, 0.2) is 30.4 Å². The lowest BCUT2D eigenvalue weighted by molar-refractivity contribution is -0.271. The summed E-state index contributed by atoms with van der Waals surface area (Å²) >= 11 is 0. The highest BCUT2D eigenvalue weighted by molar-refractivity contribution is 5.90. The lowest BCUT2D eigenvalue weighted by atomic mass is 9.99. The fourth-order valence-electron chi connectivity index (χ4n) is 5.36. The highest BCUT2D eigenvalue weighted by Crippen LogP contribution is 2.29. The Bertz CT molecular complexity index is 1340. The van der Waals surface area contributed by atoms with E-state index in [0.29, 0.717) is 90.4 Å². The number of amides is 2. The van der Waals surface area contributed by atoms with Crippen LogP contribution in [0.3, 0.4) is 0 Å². The third-order valence-corrected chi connectivity index (χ3v) is 8.41. The van der Waals surface area contributed by atoms with Gasteiger partial charge in [0.25, 0.3) is 0 Å². The number of nitrogens with one attached hydrogen (secondary N) is 1. The summed E-state index contributed by atoms with van der Waals surface area (Å²) in [6.07, 6.45) is -3.08. The Kier molecular flexibility index (Phi) is 19.1. The summed E-state index contributed by atoms with van der Waals surface area (Å²) in [7, 11) is 0. The van der Waals surface area contributed by atoms with Crippen LogP contribution in [0.2, 0.25) is 0 Å². The molecule has 2 heterocycles. The van der Waals surface area contributed by atoms with E-state index in [0.717, 1.165) is 12.0 Å². The number of rotatable bonds is 25. The van der Waals surface area contributed by atoms with Crippen molar-refractivity contribution in [2.45, 2.75) is 95.9 Å². The number of unbranched alkanes of at least 4 members (excludes halogenated alkanes) is 2. The summed E-state index contributed by atoms with van der Waals surface area (Å²) in [6, 6.07) is 5.07. The average molecular weight is 755 g/mol. The molecule has 6 atom stereocenters. The zero-order valence-corrected chi connectivity index (χ0v) is 30.3. The zero-order chi connectivity index (χ0) is 38.8. The summed E-state index contributed by atoms with van der Waals surface area (Å²) in [6.45, 7) is 6.37. The van der Waals surface area contributed by atoms with Crippen LogP contribution in [0.1, 0.15) is 57.1 Å². The number of hydrogen-bond donors (Lipinski definition) is 6. The smallest absolute Gasteiger partial charge is 0.335 e. The van der Waals surface area contributed by atoms with Crippen LogP contribution in [0.5, 0.6) is 5.75 Å². The van der Waals surface area contributed by atoms with Crippen molar-refractivity contribution in [3.05, 3.63) is 41.5 Å². The van der Waals surface area contributed by atoms with Crippen LogP contribution in [0, 0.1) is 5.92 Å². The van der Waals surface area contributed by atoms with Gasteiger partial charge in [0, 0.05) is 37.8 Å². The first-order valence-electron chi connectivity index (χ1n) is 17.9. The normalized spacial score (nSPS) is 22.7. The second kappa shape index (κ2) is 23.2. The summed E-state index contributed by atoms with van der Waals surface area (Å²) in [5, 5.41) is 52.3. The van der Waals surface area contributed by atoms with E-state index in [1.165, 1.54) is 17.1 Å². The molecule has 0 radical (unpaired) electrons. The molecule has 17 nitrogen and oxygen atoms in total. The summed E-state index contributed by atoms with van der Waals surface area (Å²) in [5.41, 5.74) is 1.30. The first kappa shape index (κ1) is 43.7. The predicted octanol–water partition coefficient (Wildman–Crippen LogP) is 0.0326. The van der Waals surface area contributed by atoms with E-state index in [4.69, 9.17) is 28.4 Å². The van der Waals surface area contributed by atoms with Crippen molar-refractivity contribution in [3.8, 4) is 5.75 Å². The van der Waals surface area contributed by atoms with Gasteiger partial charge in [-0.05, 0) is 49.5 Å². The fourth-order valence-corrected chi connectivity index (χ4v) is 5.36. The standard InChI is InChI=1S/C36H54N2O15/c1-23(2)35(47)51-22-25-21-24(9-10-26(25)52-36-32(44)30(42)31(43)33(53-36)34(45)46)7-6-15-48-17-19-50-20-18-49-16-13-37-27(39)8-4-3-5-14-38-28(40)11-12-29(38)41/h9-12,21,23,28,30-33,36,40,42-44H,3-8,13-20,22H2,1-2H3,(H,37,39)(H,45,46)/t28?,30-,31-,32+,33-,36+/m0/s1. The van der Waals surface area contributed by atoms with Crippen molar-refractivity contribution >= 4 is 23.8 Å². The van der Waals surface area contributed by atoms with Crippen molar-refractivity contribution in [1.82, 2.24) is 10.2 Å². The minimum Gasteiger partial charge on any atom is -0.479 e. The molecule has 1 saturated heterocycles. The van der Waals surface area contributed by atoms with Crippen molar-refractivity contribution < 1.29 is 73.1 Å². The first-order chi connectivity index (χ1) is 25.4. The SMILES string of the molecule is CC(C)C(=O)OCc1cc(CCCOCCOCCOCCNC(=O)CCCCCN2C(=O)C=CC2O)ccc1O[C@@H]1O[C@H](C(=O)O)[C@@H](O)[C@H](O)[C@H]1O. The number of aliphatic hydroxyl groups is 4. The summed E-state index contributed by atoms with van der Waals surface area (Å²) in [5.74, 6) is -2.48. The Morgan fingerprint density at radius 1 is 0.887 bits per heavy atom. The number of esters is 1. The number of nitrogens with zero attached hydrogens (tertiary/aromatic N) is 1. The van der Waals surface area contributed by atoms with Gasteiger partial charge in [0.05, 0.1) is 39.0 Å². The van der Waals surface area contributed by atoms with E-state index >= 15 is 0 Å². The molecule has 2 aliphatic heterocycles. The van der Waals surface area contributed by atoms with Gasteiger partial charge in [-0.2, -0.15) is 0 Å². The summed E-state index contributed by atoms with van der Waals surface area (Å²) in [4.78, 5) is 48.5. The number of aryl methyl sites for hydroxylation is 1. The molecule has 2 aliphatic rings. The Morgan fingerprint density at radius 3 is 2.25 bits per heavy atom. The molecule has 0 spiro atoms. The summed E-state index contributed by atoms with van der Waals surface area (Å²) < 4.78 is 33.0. The van der Waals surface area contributed by atoms with Gasteiger partial charge in [-0.25, -0.2) is 4.79 Å². The molecular weight excluding hydrogens is 700 g/mol. The Labute approximate surface area is 308 Å². The molecule has 0 aromatic heterocycles. The van der Waals surface area contributed by atoms with Gasteiger partial charge in [-0.15, -0.1) is 0 Å². The van der Waals surface area contributed by atoms with E-state index in [1.54, 1.807) is 32.0 Å². The third-order valence-electron chi connectivity index (χ3n) is 8.41. The highest BCUT2D eigenvalue weighted by Gasteiger charge is 2.48. The first-order valence-corrected chi connectivity index (χ1v) is 17.9. The minimum absolute atomic E-state index is 0.0638. The maximum atomic E-state index is 12.1. The number of carboxylic acids is 1. The quantitative estimate of drug-likeness (QED) is 0.0570. The molecular formula is C36H54N2O15. The molecule has 0 saturated carbocycles. The van der Waals surface area contributed by atoms with Crippen molar-refractivity contribution in [2.75, 3.05) is 52.7 Å². The van der Waals surface area contributed by atoms with Crippen LogP contribution in [-0.2, 0) is 55.9 Å². The van der Waals surface area contributed by atoms with Crippen molar-refractivity contribution in [2.24, 2.45) is 5.92 Å². The van der Waals surface area contributed by atoms with Gasteiger partial charge < -0.3 is 64.2 Å². The highest BCUT2D eigenvalue weighted by atomic mass is 16.7. The number of carbonyl (C=O) groups is 4. The number of aliphatic carboxylic acids is 1. The molecule has 1 aromatic rings. The molecule has 3 rings (SSSR count). The molecule has 53 heavy (non-hydrogen) atoms. The van der Waals surface area contributed by atoms with Gasteiger partial charge in [-0.3, -0.25) is 14.4 Å². The maximum Gasteiger partial charge on any atom is 0.335 e. The van der Waals surface area contributed by atoms with Crippen molar-refractivity contribution in [3.63, 3.8) is 0 Å². The van der Waals surface area contributed by atoms with E-state index in [2.05, 4.69) is 5.32 Å². The van der Waals surface area contributed by atoms with Gasteiger partial charge in [0.2, 0.25) is 18.1 Å². The molecule has 17 heteroatoms. The zero-order valence-electron chi connectivity index (χ0n) is 30.3. The van der Waals surface area contributed by atoms with E-state index in [1.807, 2.05) is 0 Å². The van der Waals surface area contributed by atoms with Crippen LogP contribution >= 0.6 is 0 Å². The Morgan fingerprint density at radius 2 is 1.58 bits per heavy atom. The minimum atomic E-state index is -1.86. The average Bonchev–Trinajstić information content (AvgIpc) is 3.45. The number of ether oxygens (including phenoxy) is 6. The van der Waals surface area contributed by atoms with Crippen LogP contribution in [0.4, 0.5) is 0 Å². The number of hydrogen-bond acceptors (Lipinski definition) is 14. The van der Waals surface area contributed by atoms with Crippen LogP contribution in [-0.4, -0.2) is 144 Å². The molecule has 298 valence electrons. The monoisotopic (exact) mass is 754 g/mol. The Hall–Kier alpha value is -3.68. The molecule has 1 aromatic carbocycles. The molecule has 6 N–H and O–H groups in total. The maximum absolute atomic E-state index is 12.1. The molecule has 0 bridgehead atoms. The van der Waals surface area contributed by atoms with Gasteiger partial charge >= 0.3 is 11.9 Å². The predicted molar refractivity (Wildman–Crippen MR) is 185 cm³/mol. The lowest BCUT2D eigenvalue weighted by Crippen LogP contribution is -2.61. The second-order valence-corrected chi connectivity index (χ2v) is 13.0. The number of carbonyl (C=O) groups excluding carboxylic acids is 3. The Balaban J connectivity index is 1.26. The molecule has 1 fully saturated rings. The van der Waals surface area contributed by atoms with Gasteiger partial charge in [0.1, 0.15) is 36.9 Å². The van der Waals surface area contributed by atoms with Crippen LogP contribution in [0.25, 0.3) is 0 Å². The second-order valence-electron chi connectivity index (χ2n) is 13.0. The van der Waals surface area contributed by atoms with Gasteiger partial charge in [-0.1, -0.05) is 26.3 Å². The number of aliphatic hydroxyl groups excluding tert-OH is 4. The van der Waals surface area contributed by atoms with E-state index in [-0.39, 0.29) is 30.1 Å². The van der Waals surface area contributed by atoms with E-state index in [9.17, 15) is 44.7 Å². The van der Waals surface area contributed by atoms with Gasteiger partial charge in [0.15, 0.2) is 6.10 Å². The number of benzene rings is 1. The number of carboxylic acid groups (broad SMARTS) is 1. The van der Waals surface area contributed by atoms with Crippen LogP contribution < -0.4 is 10.1 Å². The van der Waals surface area contributed by atoms with Crippen molar-refractivity contribution in [1.29, 1.82) is 0 Å². The lowest BCUT2D eigenvalue weighted by Gasteiger charge is -2.38. The third kappa shape index (κ3) is 14.9. The topological polar surface area (TPSA) is 240 Å².